The number of aryl methyl sites for hydroxylation is 1. The molecule has 1 aromatic heterocycles. The second kappa shape index (κ2) is 5.25. The Kier molecular flexibility index (Phi) is 3.85. The number of nitrogens with one attached hydrogen (secondary N) is 1. The van der Waals surface area contributed by atoms with Crippen molar-refractivity contribution in [2.45, 2.75) is 31.2 Å². The number of nitrogen functional groups attached to an aromatic ring is 1. The largest absolute Gasteiger partial charge is 0.397 e. The van der Waals surface area contributed by atoms with Gasteiger partial charge in [-0.1, -0.05) is 12.8 Å². The van der Waals surface area contributed by atoms with E-state index in [0.717, 1.165) is 12.8 Å². The van der Waals surface area contributed by atoms with E-state index in [2.05, 4.69) is 24.3 Å². The minimum atomic E-state index is -0.0488. The Balaban J connectivity index is 2.02. The molecule has 1 aromatic rings. The van der Waals surface area contributed by atoms with Crippen LogP contribution in [0.2, 0.25) is 0 Å². The molecule has 2 rings (SSSR count). The van der Waals surface area contributed by atoms with E-state index >= 15 is 0 Å². The van der Waals surface area contributed by atoms with Crippen LogP contribution in [0.4, 0.5) is 5.69 Å². The van der Waals surface area contributed by atoms with Crippen LogP contribution in [0.3, 0.4) is 0 Å². The van der Waals surface area contributed by atoms with Gasteiger partial charge in [0.1, 0.15) is 5.69 Å². The molecular formula is C14H24N4O. The van der Waals surface area contributed by atoms with Crippen LogP contribution in [0, 0.1) is 0 Å². The third kappa shape index (κ3) is 2.76. The molecule has 1 aliphatic carbocycles. The van der Waals surface area contributed by atoms with Gasteiger partial charge >= 0.3 is 0 Å². The quantitative estimate of drug-likeness (QED) is 0.859. The normalized spacial score (nSPS) is 17.9. The molecule has 1 saturated carbocycles. The van der Waals surface area contributed by atoms with Crippen LogP contribution in [0.25, 0.3) is 0 Å². The summed E-state index contributed by atoms with van der Waals surface area (Å²) in [6.07, 6.45) is 6.54. The van der Waals surface area contributed by atoms with Crippen molar-refractivity contribution in [1.82, 2.24) is 14.8 Å². The minimum absolute atomic E-state index is 0.0488. The number of rotatable bonds is 4. The fraction of sp³-hybridized carbons (Fsp3) is 0.643. The molecule has 1 fully saturated rings. The third-order valence-electron chi connectivity index (χ3n) is 4.32. The standard InChI is InChI=1S/C14H24N4O/c1-17(2)14(6-4-5-7-14)10-16-13(19)12-8-11(15)9-18(12)3/h8-9H,4-7,10,15H2,1-3H3,(H,16,19). The SMILES string of the molecule is CN(C)C1(CNC(=O)c2cc(N)cn2C)CCCC1. The molecule has 3 N–H and O–H groups in total. The Morgan fingerprint density at radius 1 is 1.47 bits per heavy atom. The Labute approximate surface area is 114 Å². The molecule has 0 radical (unpaired) electrons. The van der Waals surface area contributed by atoms with Crippen molar-refractivity contribution >= 4 is 11.6 Å². The molecule has 1 heterocycles. The summed E-state index contributed by atoms with van der Waals surface area (Å²) in [5.41, 5.74) is 7.05. The van der Waals surface area contributed by atoms with Crippen LogP contribution in [-0.4, -0.2) is 41.6 Å². The van der Waals surface area contributed by atoms with Crippen LogP contribution >= 0.6 is 0 Å². The number of hydrogen-bond donors (Lipinski definition) is 2. The number of hydrogen-bond acceptors (Lipinski definition) is 3. The topological polar surface area (TPSA) is 63.3 Å². The van der Waals surface area contributed by atoms with Gasteiger partial charge in [0.05, 0.1) is 5.69 Å². The smallest absolute Gasteiger partial charge is 0.268 e. The van der Waals surface area contributed by atoms with E-state index in [9.17, 15) is 4.79 Å². The van der Waals surface area contributed by atoms with Crippen LogP contribution in [0.1, 0.15) is 36.2 Å². The lowest BCUT2D eigenvalue weighted by atomic mass is 9.96. The highest BCUT2D eigenvalue weighted by atomic mass is 16.1. The van der Waals surface area contributed by atoms with E-state index in [1.165, 1.54) is 12.8 Å². The second-order valence-electron chi connectivity index (χ2n) is 5.78. The van der Waals surface area contributed by atoms with Crippen LogP contribution in [0.5, 0.6) is 0 Å². The third-order valence-corrected chi connectivity index (χ3v) is 4.32. The van der Waals surface area contributed by atoms with Gasteiger partial charge in [-0.25, -0.2) is 0 Å². The zero-order chi connectivity index (χ0) is 14.0. The zero-order valence-corrected chi connectivity index (χ0v) is 12.1. The van der Waals surface area contributed by atoms with Crippen molar-refractivity contribution in [3.63, 3.8) is 0 Å². The molecule has 1 aliphatic rings. The maximum Gasteiger partial charge on any atom is 0.268 e. The Morgan fingerprint density at radius 3 is 2.58 bits per heavy atom. The molecule has 19 heavy (non-hydrogen) atoms. The van der Waals surface area contributed by atoms with Gasteiger partial charge in [0.2, 0.25) is 0 Å². The van der Waals surface area contributed by atoms with E-state index in [-0.39, 0.29) is 11.4 Å². The van der Waals surface area contributed by atoms with E-state index < -0.39 is 0 Å². The summed E-state index contributed by atoms with van der Waals surface area (Å²) in [5.74, 6) is -0.0488. The lowest BCUT2D eigenvalue weighted by molar-refractivity contribution is 0.0892. The summed E-state index contributed by atoms with van der Waals surface area (Å²) >= 11 is 0. The molecule has 0 saturated heterocycles. The second-order valence-corrected chi connectivity index (χ2v) is 5.78. The average molecular weight is 264 g/mol. The molecule has 1 amide bonds. The molecule has 0 spiro atoms. The number of nitrogens with zero attached hydrogens (tertiary/aromatic N) is 2. The van der Waals surface area contributed by atoms with Gasteiger partial charge in [-0.05, 0) is 33.0 Å². The monoisotopic (exact) mass is 264 g/mol. The van der Waals surface area contributed by atoms with E-state index in [0.29, 0.717) is 17.9 Å². The first kappa shape index (κ1) is 13.9. The summed E-state index contributed by atoms with van der Waals surface area (Å²) in [6, 6.07) is 1.71. The van der Waals surface area contributed by atoms with Gasteiger partial charge < -0.3 is 20.5 Å². The van der Waals surface area contributed by atoms with Crippen LogP contribution < -0.4 is 11.1 Å². The first-order valence-corrected chi connectivity index (χ1v) is 6.82. The summed E-state index contributed by atoms with van der Waals surface area (Å²) in [5, 5.41) is 3.06. The van der Waals surface area contributed by atoms with E-state index in [4.69, 9.17) is 5.73 Å². The fourth-order valence-corrected chi connectivity index (χ4v) is 2.97. The summed E-state index contributed by atoms with van der Waals surface area (Å²) in [7, 11) is 6.03. The Morgan fingerprint density at radius 2 is 2.11 bits per heavy atom. The van der Waals surface area contributed by atoms with Crippen molar-refractivity contribution in [2.75, 3.05) is 26.4 Å². The van der Waals surface area contributed by atoms with Gasteiger partial charge in [-0.15, -0.1) is 0 Å². The number of aromatic nitrogens is 1. The van der Waals surface area contributed by atoms with Gasteiger partial charge in [-0.3, -0.25) is 4.79 Å². The highest BCUT2D eigenvalue weighted by molar-refractivity contribution is 5.93. The zero-order valence-electron chi connectivity index (χ0n) is 12.1. The predicted octanol–water partition coefficient (Wildman–Crippen LogP) is 1.21. The Hall–Kier alpha value is -1.49. The van der Waals surface area contributed by atoms with Crippen LogP contribution in [-0.2, 0) is 7.05 Å². The lowest BCUT2D eigenvalue weighted by Gasteiger charge is -2.36. The van der Waals surface area contributed by atoms with Crippen molar-refractivity contribution < 1.29 is 4.79 Å². The molecule has 0 bridgehead atoms. The molecule has 0 unspecified atom stereocenters. The first-order chi connectivity index (χ1) is 8.94. The van der Waals surface area contributed by atoms with E-state index in [1.54, 1.807) is 16.8 Å². The van der Waals surface area contributed by atoms with Gasteiger partial charge in [0, 0.05) is 25.3 Å². The number of likely N-dealkylation sites (N-methyl/N-ethyl adjacent to an activating group) is 1. The Bertz CT molecular complexity index is 458. The maximum absolute atomic E-state index is 12.2. The molecule has 0 aromatic carbocycles. The lowest BCUT2D eigenvalue weighted by Crippen LogP contribution is -2.51. The molecular weight excluding hydrogens is 240 g/mol. The molecule has 5 nitrogen and oxygen atoms in total. The number of carbonyl (C=O) groups is 1. The highest BCUT2D eigenvalue weighted by Crippen LogP contribution is 2.33. The minimum Gasteiger partial charge on any atom is -0.397 e. The summed E-state index contributed by atoms with van der Waals surface area (Å²) in [4.78, 5) is 14.4. The number of anilines is 1. The predicted molar refractivity (Wildman–Crippen MR) is 77.0 cm³/mol. The molecule has 0 atom stereocenters. The number of amides is 1. The van der Waals surface area contributed by atoms with Gasteiger partial charge in [0.15, 0.2) is 0 Å². The van der Waals surface area contributed by atoms with Crippen molar-refractivity contribution in [1.29, 1.82) is 0 Å². The van der Waals surface area contributed by atoms with Crippen molar-refractivity contribution in [2.24, 2.45) is 7.05 Å². The van der Waals surface area contributed by atoms with Gasteiger partial charge in [0.25, 0.3) is 5.91 Å². The van der Waals surface area contributed by atoms with Crippen molar-refractivity contribution in [3.05, 3.63) is 18.0 Å². The fourth-order valence-electron chi connectivity index (χ4n) is 2.97. The summed E-state index contributed by atoms with van der Waals surface area (Å²) in [6.45, 7) is 0.698. The summed E-state index contributed by atoms with van der Waals surface area (Å²) < 4.78 is 1.77. The molecule has 5 heteroatoms. The molecule has 106 valence electrons. The molecule has 0 aliphatic heterocycles. The van der Waals surface area contributed by atoms with Crippen molar-refractivity contribution in [3.8, 4) is 0 Å². The first-order valence-electron chi connectivity index (χ1n) is 6.82. The van der Waals surface area contributed by atoms with Crippen LogP contribution in [0.15, 0.2) is 12.3 Å². The maximum atomic E-state index is 12.2. The average Bonchev–Trinajstić information content (AvgIpc) is 2.94. The van der Waals surface area contributed by atoms with E-state index in [1.807, 2.05) is 7.05 Å². The number of nitrogens with two attached hydrogens (primary N) is 1. The van der Waals surface area contributed by atoms with Gasteiger partial charge in [-0.2, -0.15) is 0 Å². The number of carbonyl (C=O) groups excluding carboxylic acids is 1. The highest BCUT2D eigenvalue weighted by Gasteiger charge is 2.36.